The van der Waals surface area contributed by atoms with Crippen LogP contribution in [0, 0.1) is 0 Å². The van der Waals surface area contributed by atoms with E-state index >= 15 is 0 Å². The molecule has 0 bridgehead atoms. The van der Waals surface area contributed by atoms with Gasteiger partial charge in [-0.25, -0.2) is 0 Å². The molecule has 5 aromatic rings. The van der Waals surface area contributed by atoms with Gasteiger partial charge in [-0.15, -0.1) is 0 Å². The van der Waals surface area contributed by atoms with Crippen molar-refractivity contribution in [2.24, 2.45) is 0 Å². The van der Waals surface area contributed by atoms with Crippen LogP contribution in [0.3, 0.4) is 0 Å². The van der Waals surface area contributed by atoms with E-state index in [1.54, 1.807) is 18.2 Å². The Morgan fingerprint density at radius 3 is 2.23 bits per heavy atom. The summed E-state index contributed by atoms with van der Waals surface area (Å²) in [5.74, 6) is -1.41. The molecule has 0 aromatic heterocycles. The third-order valence-corrected chi connectivity index (χ3v) is 6.91. The van der Waals surface area contributed by atoms with Gasteiger partial charge in [-0.05, 0) is 51.2 Å². The van der Waals surface area contributed by atoms with Crippen molar-refractivity contribution in [1.82, 2.24) is 5.32 Å². The molecule has 0 heterocycles. The molecule has 5 rings (SSSR count). The minimum Gasteiger partial charge on any atom is -0.481 e. The summed E-state index contributed by atoms with van der Waals surface area (Å²) in [5.41, 5.74) is 4.82. The fraction of sp³-hybridized carbons (Fsp3) is 0.0909. The van der Waals surface area contributed by atoms with Crippen molar-refractivity contribution in [3.05, 3.63) is 137 Å². The quantitative estimate of drug-likeness (QED) is 0.181. The van der Waals surface area contributed by atoms with Gasteiger partial charge in [0.25, 0.3) is 5.91 Å². The average molecular weight is 535 g/mol. The number of anilines is 1. The molecule has 0 aliphatic heterocycles. The van der Waals surface area contributed by atoms with Gasteiger partial charge in [0.05, 0.1) is 18.0 Å². The molecule has 1 unspecified atom stereocenters. The van der Waals surface area contributed by atoms with E-state index in [1.165, 1.54) is 0 Å². The Balaban J connectivity index is 1.37. The molecule has 194 valence electrons. The van der Waals surface area contributed by atoms with Crippen LogP contribution >= 0.6 is 11.6 Å². The predicted molar refractivity (Wildman–Crippen MR) is 157 cm³/mol. The van der Waals surface area contributed by atoms with Crippen LogP contribution in [-0.4, -0.2) is 17.0 Å². The summed E-state index contributed by atoms with van der Waals surface area (Å²) in [6.45, 7) is 0.503. The SMILES string of the molecule is O=C(O)CC(NC(=O)c1cc(Cl)ccc1NCc1cccc2ccccc12)c1ccc(-c2ccccc2)cc1. The van der Waals surface area contributed by atoms with Gasteiger partial charge >= 0.3 is 5.97 Å². The monoisotopic (exact) mass is 534 g/mol. The highest BCUT2D eigenvalue weighted by Gasteiger charge is 2.21. The smallest absolute Gasteiger partial charge is 0.305 e. The molecule has 3 N–H and O–H groups in total. The summed E-state index contributed by atoms with van der Waals surface area (Å²) >= 11 is 6.27. The lowest BCUT2D eigenvalue weighted by Crippen LogP contribution is -2.30. The summed E-state index contributed by atoms with van der Waals surface area (Å²) in [6.07, 6.45) is -0.254. The minimum absolute atomic E-state index is 0.254. The molecular formula is C33H27ClN2O3. The van der Waals surface area contributed by atoms with Gasteiger partial charge in [0.15, 0.2) is 0 Å². The number of carbonyl (C=O) groups excluding carboxylic acids is 1. The fourth-order valence-electron chi connectivity index (χ4n) is 4.70. The number of halogens is 1. The Morgan fingerprint density at radius 1 is 0.769 bits per heavy atom. The zero-order valence-electron chi connectivity index (χ0n) is 21.1. The lowest BCUT2D eigenvalue weighted by molar-refractivity contribution is -0.137. The standard InChI is InChI=1S/C33H27ClN2O3/c34-27-17-18-30(35-21-26-11-6-10-24-9-4-5-12-28(24)26)29(19-27)33(39)36-31(20-32(37)38)25-15-13-23(14-16-25)22-7-2-1-3-8-22/h1-19,31,35H,20-21H2,(H,36,39)(H,37,38). The average Bonchev–Trinajstić information content (AvgIpc) is 2.96. The minimum atomic E-state index is -1.01. The van der Waals surface area contributed by atoms with Gasteiger partial charge in [0.1, 0.15) is 0 Å². The Labute approximate surface area is 232 Å². The first-order valence-electron chi connectivity index (χ1n) is 12.7. The van der Waals surface area contributed by atoms with Crippen molar-refractivity contribution in [3.63, 3.8) is 0 Å². The molecule has 39 heavy (non-hydrogen) atoms. The molecule has 5 aromatic carbocycles. The second-order valence-corrected chi connectivity index (χ2v) is 9.73. The first-order chi connectivity index (χ1) is 19.0. The number of fused-ring (bicyclic) bond motifs is 1. The van der Waals surface area contributed by atoms with E-state index in [0.29, 0.717) is 28.4 Å². The number of benzene rings is 5. The topological polar surface area (TPSA) is 78.4 Å². The fourth-order valence-corrected chi connectivity index (χ4v) is 4.87. The van der Waals surface area contributed by atoms with Gasteiger partial charge in [-0.3, -0.25) is 9.59 Å². The largest absolute Gasteiger partial charge is 0.481 e. The molecule has 0 aliphatic carbocycles. The van der Waals surface area contributed by atoms with Gasteiger partial charge in [0, 0.05) is 17.3 Å². The molecule has 0 saturated carbocycles. The van der Waals surface area contributed by atoms with Crippen molar-refractivity contribution in [2.45, 2.75) is 19.0 Å². The van der Waals surface area contributed by atoms with Crippen molar-refractivity contribution in [3.8, 4) is 11.1 Å². The number of carboxylic acid groups (broad SMARTS) is 1. The normalized spacial score (nSPS) is 11.6. The van der Waals surface area contributed by atoms with Gasteiger partial charge in [0.2, 0.25) is 0 Å². The third kappa shape index (κ3) is 6.28. The van der Waals surface area contributed by atoms with Crippen LogP contribution in [0.15, 0.2) is 115 Å². The van der Waals surface area contributed by atoms with Crippen LogP contribution < -0.4 is 10.6 Å². The Hall–Kier alpha value is -4.61. The van der Waals surface area contributed by atoms with Crippen molar-refractivity contribution in [2.75, 3.05) is 5.32 Å². The predicted octanol–water partition coefficient (Wildman–Crippen LogP) is 7.72. The zero-order chi connectivity index (χ0) is 27.2. The van der Waals surface area contributed by atoms with Crippen LogP contribution in [0.2, 0.25) is 5.02 Å². The van der Waals surface area contributed by atoms with Crippen LogP contribution in [0.1, 0.15) is 33.9 Å². The van der Waals surface area contributed by atoms with Crippen molar-refractivity contribution >= 4 is 39.9 Å². The van der Waals surface area contributed by atoms with Crippen LogP contribution in [0.4, 0.5) is 5.69 Å². The molecule has 5 nitrogen and oxygen atoms in total. The highest BCUT2D eigenvalue weighted by Crippen LogP contribution is 2.27. The molecule has 0 fully saturated rings. The van der Waals surface area contributed by atoms with Gasteiger partial charge in [-0.1, -0.05) is 109 Å². The number of hydrogen-bond acceptors (Lipinski definition) is 3. The highest BCUT2D eigenvalue weighted by atomic mass is 35.5. The molecule has 1 amide bonds. The van der Waals surface area contributed by atoms with Gasteiger partial charge in [-0.2, -0.15) is 0 Å². The highest BCUT2D eigenvalue weighted by molar-refractivity contribution is 6.31. The first kappa shape index (κ1) is 26.0. The summed E-state index contributed by atoms with van der Waals surface area (Å²) in [4.78, 5) is 25.2. The second kappa shape index (κ2) is 11.8. The maximum atomic E-state index is 13.5. The third-order valence-electron chi connectivity index (χ3n) is 6.68. The Bertz CT molecular complexity index is 1610. The van der Waals surface area contributed by atoms with Crippen LogP contribution in [-0.2, 0) is 11.3 Å². The maximum absolute atomic E-state index is 13.5. The summed E-state index contributed by atoms with van der Waals surface area (Å²) in [7, 11) is 0. The second-order valence-electron chi connectivity index (χ2n) is 9.29. The first-order valence-corrected chi connectivity index (χ1v) is 13.0. The Kier molecular flexibility index (Phi) is 7.90. The van der Waals surface area contributed by atoms with E-state index in [2.05, 4.69) is 28.8 Å². The number of nitrogens with one attached hydrogen (secondary N) is 2. The number of hydrogen-bond donors (Lipinski definition) is 3. The molecule has 0 saturated heterocycles. The molecule has 1 atom stereocenters. The zero-order valence-corrected chi connectivity index (χ0v) is 21.9. The van der Waals surface area contributed by atoms with Crippen molar-refractivity contribution < 1.29 is 14.7 Å². The number of amides is 1. The molecular weight excluding hydrogens is 508 g/mol. The molecule has 6 heteroatoms. The van der Waals surface area contributed by atoms with E-state index in [-0.39, 0.29) is 6.42 Å². The summed E-state index contributed by atoms with van der Waals surface area (Å²) in [5, 5.41) is 18.5. The van der Waals surface area contributed by atoms with Gasteiger partial charge < -0.3 is 15.7 Å². The van der Waals surface area contributed by atoms with E-state index in [0.717, 1.165) is 27.5 Å². The Morgan fingerprint density at radius 2 is 1.46 bits per heavy atom. The molecule has 0 aliphatic rings. The number of carboxylic acids is 1. The van der Waals surface area contributed by atoms with Crippen molar-refractivity contribution in [1.29, 1.82) is 0 Å². The number of carbonyl (C=O) groups is 2. The van der Waals surface area contributed by atoms with E-state index in [9.17, 15) is 14.7 Å². The lowest BCUT2D eigenvalue weighted by Gasteiger charge is -2.20. The maximum Gasteiger partial charge on any atom is 0.305 e. The van der Waals surface area contributed by atoms with Crippen LogP contribution in [0.5, 0.6) is 0 Å². The molecule has 0 spiro atoms. The van der Waals surface area contributed by atoms with E-state index < -0.39 is 17.9 Å². The number of rotatable bonds is 9. The van der Waals surface area contributed by atoms with E-state index in [4.69, 9.17) is 11.6 Å². The van der Waals surface area contributed by atoms with E-state index in [1.807, 2.05) is 78.9 Å². The van der Waals surface area contributed by atoms with Crippen LogP contribution in [0.25, 0.3) is 21.9 Å². The number of aliphatic carboxylic acids is 1. The summed E-state index contributed by atoms with van der Waals surface area (Å²) in [6, 6.07) is 36.1. The summed E-state index contributed by atoms with van der Waals surface area (Å²) < 4.78 is 0. The lowest BCUT2D eigenvalue weighted by atomic mass is 9.98. The molecule has 0 radical (unpaired) electrons.